The Balaban J connectivity index is 3.19. The van der Waals surface area contributed by atoms with Crippen molar-refractivity contribution in [2.24, 2.45) is 0 Å². The van der Waals surface area contributed by atoms with Crippen LogP contribution in [0.4, 0.5) is 0 Å². The molecule has 84 valence electrons. The molecule has 0 unspecified atom stereocenters. The lowest BCUT2D eigenvalue weighted by molar-refractivity contribution is 0.296. The van der Waals surface area contributed by atoms with Crippen molar-refractivity contribution in [1.82, 2.24) is 0 Å². The number of hydrogen-bond donors (Lipinski definition) is 1. The van der Waals surface area contributed by atoms with Crippen LogP contribution in [0.5, 0.6) is 5.75 Å². The van der Waals surface area contributed by atoms with Crippen molar-refractivity contribution in [3.8, 4) is 5.75 Å². The second kappa shape index (κ2) is 5.52. The molecule has 0 aromatic heterocycles. The van der Waals surface area contributed by atoms with Gasteiger partial charge in [0.05, 0.1) is 11.6 Å². The SMILES string of the molecule is COc1c(Br)cc(C(C)C)cc1CCO. The minimum atomic E-state index is 0.143. The standard InChI is InChI=1S/C12H17BrO2/c1-8(2)10-6-9(4-5-14)12(15-3)11(13)7-10/h6-8,14H,4-5H2,1-3H3. The lowest BCUT2D eigenvalue weighted by Gasteiger charge is -2.14. The van der Waals surface area contributed by atoms with Crippen LogP contribution in [0, 0.1) is 0 Å². The number of halogens is 1. The highest BCUT2D eigenvalue weighted by Gasteiger charge is 2.11. The quantitative estimate of drug-likeness (QED) is 0.913. The molecule has 0 radical (unpaired) electrons. The topological polar surface area (TPSA) is 29.5 Å². The second-order valence-electron chi connectivity index (χ2n) is 3.82. The van der Waals surface area contributed by atoms with Gasteiger partial charge in [-0.15, -0.1) is 0 Å². The first-order valence-corrected chi connectivity index (χ1v) is 5.86. The zero-order valence-corrected chi connectivity index (χ0v) is 11.0. The number of ether oxygens (including phenoxy) is 1. The first-order chi connectivity index (χ1) is 7.10. The molecule has 2 nitrogen and oxygen atoms in total. The Kier molecular flexibility index (Phi) is 4.61. The molecular weight excluding hydrogens is 256 g/mol. The molecule has 1 aromatic rings. The fourth-order valence-corrected chi connectivity index (χ4v) is 2.22. The van der Waals surface area contributed by atoms with Crippen molar-refractivity contribution in [3.05, 3.63) is 27.7 Å². The third-order valence-corrected chi connectivity index (χ3v) is 2.98. The molecule has 0 saturated heterocycles. The van der Waals surface area contributed by atoms with Gasteiger partial charge >= 0.3 is 0 Å². The first-order valence-electron chi connectivity index (χ1n) is 5.07. The zero-order chi connectivity index (χ0) is 11.4. The van der Waals surface area contributed by atoms with Crippen LogP contribution in [0.25, 0.3) is 0 Å². The van der Waals surface area contributed by atoms with Gasteiger partial charge in [0.25, 0.3) is 0 Å². The molecule has 0 bridgehead atoms. The van der Waals surface area contributed by atoms with Crippen LogP contribution in [0.15, 0.2) is 16.6 Å². The third-order valence-electron chi connectivity index (χ3n) is 2.39. The van der Waals surface area contributed by atoms with E-state index in [0.29, 0.717) is 12.3 Å². The van der Waals surface area contributed by atoms with Crippen LogP contribution in [0.2, 0.25) is 0 Å². The van der Waals surface area contributed by atoms with E-state index in [9.17, 15) is 0 Å². The summed E-state index contributed by atoms with van der Waals surface area (Å²) in [4.78, 5) is 0. The number of aliphatic hydroxyl groups excluding tert-OH is 1. The van der Waals surface area contributed by atoms with Crippen molar-refractivity contribution in [3.63, 3.8) is 0 Å². The second-order valence-corrected chi connectivity index (χ2v) is 4.68. The average molecular weight is 273 g/mol. The van der Waals surface area contributed by atoms with E-state index < -0.39 is 0 Å². The molecule has 1 rings (SSSR count). The van der Waals surface area contributed by atoms with E-state index in [1.165, 1.54) is 5.56 Å². The summed E-state index contributed by atoms with van der Waals surface area (Å²) in [5, 5.41) is 8.99. The highest BCUT2D eigenvalue weighted by molar-refractivity contribution is 9.10. The Morgan fingerprint density at radius 3 is 2.53 bits per heavy atom. The molecule has 0 aliphatic heterocycles. The molecule has 0 aliphatic rings. The summed E-state index contributed by atoms with van der Waals surface area (Å²) in [5.41, 5.74) is 2.31. The normalized spacial score (nSPS) is 10.8. The van der Waals surface area contributed by atoms with Gasteiger partial charge in [-0.3, -0.25) is 0 Å². The molecule has 3 heteroatoms. The highest BCUT2D eigenvalue weighted by Crippen LogP contribution is 2.33. The third kappa shape index (κ3) is 2.95. The molecular formula is C12H17BrO2. The van der Waals surface area contributed by atoms with Crippen molar-refractivity contribution < 1.29 is 9.84 Å². The summed E-state index contributed by atoms with van der Waals surface area (Å²) in [6, 6.07) is 4.18. The lowest BCUT2D eigenvalue weighted by atomic mass is 9.99. The fraction of sp³-hybridized carbons (Fsp3) is 0.500. The Hall–Kier alpha value is -0.540. The van der Waals surface area contributed by atoms with E-state index in [2.05, 4.69) is 41.9 Å². The van der Waals surface area contributed by atoms with Gasteiger partial charge in [-0.2, -0.15) is 0 Å². The summed E-state index contributed by atoms with van der Waals surface area (Å²) >= 11 is 3.49. The van der Waals surface area contributed by atoms with Crippen molar-refractivity contribution >= 4 is 15.9 Å². The van der Waals surface area contributed by atoms with Gasteiger partial charge in [-0.25, -0.2) is 0 Å². The van der Waals surface area contributed by atoms with E-state index in [-0.39, 0.29) is 6.61 Å². The molecule has 0 atom stereocenters. The molecule has 15 heavy (non-hydrogen) atoms. The molecule has 0 amide bonds. The smallest absolute Gasteiger partial charge is 0.136 e. The van der Waals surface area contributed by atoms with Gasteiger partial charge in [0, 0.05) is 6.61 Å². The number of hydrogen-bond acceptors (Lipinski definition) is 2. The van der Waals surface area contributed by atoms with E-state index in [1.54, 1.807) is 7.11 Å². The van der Waals surface area contributed by atoms with Crippen LogP contribution in [-0.4, -0.2) is 18.8 Å². The summed E-state index contributed by atoms with van der Waals surface area (Å²) in [5.74, 6) is 1.30. The molecule has 0 fully saturated rings. The average Bonchev–Trinajstić information content (AvgIpc) is 2.17. The van der Waals surface area contributed by atoms with E-state index in [0.717, 1.165) is 15.8 Å². The Morgan fingerprint density at radius 1 is 1.40 bits per heavy atom. The summed E-state index contributed by atoms with van der Waals surface area (Å²) in [6.45, 7) is 4.44. The van der Waals surface area contributed by atoms with Crippen LogP contribution >= 0.6 is 15.9 Å². The van der Waals surface area contributed by atoms with Gasteiger partial charge < -0.3 is 9.84 Å². The van der Waals surface area contributed by atoms with Gasteiger partial charge in [0.1, 0.15) is 5.75 Å². The zero-order valence-electron chi connectivity index (χ0n) is 9.38. The minimum absolute atomic E-state index is 0.143. The van der Waals surface area contributed by atoms with Crippen LogP contribution in [0.3, 0.4) is 0 Å². The number of benzene rings is 1. The minimum Gasteiger partial charge on any atom is -0.495 e. The van der Waals surface area contributed by atoms with E-state index in [1.807, 2.05) is 0 Å². The van der Waals surface area contributed by atoms with Crippen LogP contribution in [0.1, 0.15) is 30.9 Å². The van der Waals surface area contributed by atoms with Gasteiger partial charge in [-0.1, -0.05) is 19.9 Å². The fourth-order valence-electron chi connectivity index (χ4n) is 1.54. The maximum atomic E-state index is 8.99. The Labute approximate surface area is 99.4 Å². The molecule has 1 N–H and O–H groups in total. The van der Waals surface area contributed by atoms with Crippen molar-refractivity contribution in [2.75, 3.05) is 13.7 Å². The van der Waals surface area contributed by atoms with Crippen LogP contribution < -0.4 is 4.74 Å². The van der Waals surface area contributed by atoms with E-state index in [4.69, 9.17) is 9.84 Å². The number of aliphatic hydroxyl groups is 1. The molecule has 0 saturated carbocycles. The largest absolute Gasteiger partial charge is 0.495 e. The number of rotatable bonds is 4. The van der Waals surface area contributed by atoms with Crippen molar-refractivity contribution in [1.29, 1.82) is 0 Å². The summed E-state index contributed by atoms with van der Waals surface area (Å²) < 4.78 is 6.26. The maximum absolute atomic E-state index is 8.99. The first kappa shape index (κ1) is 12.5. The van der Waals surface area contributed by atoms with Gasteiger partial charge in [-0.05, 0) is 45.5 Å². The summed E-state index contributed by atoms with van der Waals surface area (Å²) in [7, 11) is 1.65. The van der Waals surface area contributed by atoms with Gasteiger partial charge in [0.15, 0.2) is 0 Å². The predicted octanol–water partition coefficient (Wildman–Crippen LogP) is 3.12. The monoisotopic (exact) mass is 272 g/mol. The predicted molar refractivity (Wildman–Crippen MR) is 65.6 cm³/mol. The number of methoxy groups -OCH3 is 1. The molecule has 1 aromatic carbocycles. The maximum Gasteiger partial charge on any atom is 0.136 e. The Bertz CT molecular complexity index is 335. The molecule has 0 spiro atoms. The molecule has 0 aliphatic carbocycles. The van der Waals surface area contributed by atoms with Crippen LogP contribution in [-0.2, 0) is 6.42 Å². The van der Waals surface area contributed by atoms with Gasteiger partial charge in [0.2, 0.25) is 0 Å². The lowest BCUT2D eigenvalue weighted by Crippen LogP contribution is -1.99. The Morgan fingerprint density at radius 2 is 2.07 bits per heavy atom. The highest BCUT2D eigenvalue weighted by atomic mass is 79.9. The van der Waals surface area contributed by atoms with E-state index >= 15 is 0 Å². The van der Waals surface area contributed by atoms with Crippen molar-refractivity contribution in [2.45, 2.75) is 26.2 Å². The summed E-state index contributed by atoms with van der Waals surface area (Å²) in [6.07, 6.45) is 0.627. The molecule has 0 heterocycles.